The van der Waals surface area contributed by atoms with Gasteiger partial charge in [0.2, 0.25) is 5.91 Å². The summed E-state index contributed by atoms with van der Waals surface area (Å²) in [5, 5.41) is 0. The lowest BCUT2D eigenvalue weighted by Crippen LogP contribution is -2.06. The Morgan fingerprint density at radius 1 is 1.80 bits per heavy atom. The van der Waals surface area contributed by atoms with Crippen molar-refractivity contribution in [3.63, 3.8) is 0 Å². The fraction of sp³-hybridized carbons (Fsp3) is 0.250. The first-order valence-corrected chi connectivity index (χ1v) is 3.22. The van der Waals surface area contributed by atoms with Crippen molar-refractivity contribution in [2.75, 3.05) is 0 Å². The molecule has 0 unspecified atom stereocenters. The maximum absolute atomic E-state index is 10.8. The van der Waals surface area contributed by atoms with Crippen molar-refractivity contribution < 1.29 is 4.79 Å². The quantitative estimate of drug-likeness (QED) is 0.573. The largest absolute Gasteiger partial charge is 0.292 e. The second-order valence-corrected chi connectivity index (χ2v) is 2.14. The van der Waals surface area contributed by atoms with E-state index in [4.69, 9.17) is 0 Å². The summed E-state index contributed by atoms with van der Waals surface area (Å²) in [4.78, 5) is 10.8. The van der Waals surface area contributed by atoms with Gasteiger partial charge in [0.25, 0.3) is 0 Å². The standard InChI is InChI=1S/C8H10NO/c1-3-8-5-4-6-9(8)7(2)10/h4-6H,1,3H2,2H3. The molecule has 0 spiro atoms. The van der Waals surface area contributed by atoms with E-state index in [0.29, 0.717) is 6.42 Å². The van der Waals surface area contributed by atoms with Crippen LogP contribution in [0.15, 0.2) is 18.3 Å². The van der Waals surface area contributed by atoms with Crippen molar-refractivity contribution in [3.05, 3.63) is 30.9 Å². The maximum atomic E-state index is 10.8. The Morgan fingerprint density at radius 2 is 2.50 bits per heavy atom. The Labute approximate surface area is 60.5 Å². The topological polar surface area (TPSA) is 22.0 Å². The van der Waals surface area contributed by atoms with Gasteiger partial charge >= 0.3 is 0 Å². The van der Waals surface area contributed by atoms with Crippen LogP contribution in [-0.2, 0) is 6.42 Å². The zero-order valence-corrected chi connectivity index (χ0v) is 6.00. The average molecular weight is 136 g/mol. The van der Waals surface area contributed by atoms with Gasteiger partial charge in [0.05, 0.1) is 0 Å². The van der Waals surface area contributed by atoms with E-state index >= 15 is 0 Å². The van der Waals surface area contributed by atoms with Crippen molar-refractivity contribution in [3.8, 4) is 0 Å². The smallest absolute Gasteiger partial charge is 0.227 e. The van der Waals surface area contributed by atoms with Gasteiger partial charge in [-0.05, 0) is 25.5 Å². The first-order chi connectivity index (χ1) is 4.75. The highest BCUT2D eigenvalue weighted by atomic mass is 16.1. The van der Waals surface area contributed by atoms with Gasteiger partial charge in [-0.25, -0.2) is 0 Å². The molecule has 1 rings (SSSR count). The van der Waals surface area contributed by atoms with Gasteiger partial charge in [0.15, 0.2) is 0 Å². The number of rotatable bonds is 1. The Bertz CT molecular complexity index is 237. The lowest BCUT2D eigenvalue weighted by atomic mass is 10.3. The molecule has 0 N–H and O–H groups in total. The van der Waals surface area contributed by atoms with Crippen LogP contribution in [-0.4, -0.2) is 10.5 Å². The number of carbonyl (C=O) groups is 1. The van der Waals surface area contributed by atoms with E-state index in [0.717, 1.165) is 5.69 Å². The summed E-state index contributed by atoms with van der Waals surface area (Å²) in [6, 6.07) is 3.75. The summed E-state index contributed by atoms with van der Waals surface area (Å²) >= 11 is 0. The molecule has 0 aliphatic carbocycles. The molecule has 1 radical (unpaired) electrons. The summed E-state index contributed by atoms with van der Waals surface area (Å²) < 4.78 is 1.60. The third kappa shape index (κ3) is 1.10. The van der Waals surface area contributed by atoms with Crippen LogP contribution in [0.5, 0.6) is 0 Å². The normalized spacial score (nSPS) is 9.80. The SMILES string of the molecule is [CH2]Cc1cccn1C(C)=O. The van der Waals surface area contributed by atoms with Gasteiger partial charge in [-0.2, -0.15) is 0 Å². The highest BCUT2D eigenvalue weighted by Crippen LogP contribution is 2.01. The van der Waals surface area contributed by atoms with Gasteiger partial charge in [-0.15, -0.1) is 0 Å². The van der Waals surface area contributed by atoms with E-state index in [-0.39, 0.29) is 5.91 Å². The molecule has 0 aliphatic rings. The summed E-state index contributed by atoms with van der Waals surface area (Å²) in [7, 11) is 0. The highest BCUT2D eigenvalue weighted by molar-refractivity contribution is 5.77. The number of nitrogens with zero attached hydrogens (tertiary/aromatic N) is 1. The molecular weight excluding hydrogens is 126 g/mol. The molecule has 2 heteroatoms. The Balaban J connectivity index is 3.01. The Kier molecular flexibility index (Phi) is 1.90. The molecule has 10 heavy (non-hydrogen) atoms. The highest BCUT2D eigenvalue weighted by Gasteiger charge is 2.00. The Morgan fingerprint density at radius 3 is 2.90 bits per heavy atom. The zero-order chi connectivity index (χ0) is 7.56. The molecule has 0 saturated heterocycles. The van der Waals surface area contributed by atoms with E-state index in [2.05, 4.69) is 6.92 Å². The van der Waals surface area contributed by atoms with Gasteiger partial charge < -0.3 is 0 Å². The second-order valence-electron chi connectivity index (χ2n) is 2.14. The summed E-state index contributed by atoms with van der Waals surface area (Å²) in [5.41, 5.74) is 0.965. The first kappa shape index (κ1) is 7.06. The van der Waals surface area contributed by atoms with Crippen molar-refractivity contribution >= 4 is 5.91 Å². The number of carbonyl (C=O) groups excluding carboxylic acids is 1. The van der Waals surface area contributed by atoms with Crippen LogP contribution in [0.25, 0.3) is 0 Å². The van der Waals surface area contributed by atoms with Gasteiger partial charge in [-0.3, -0.25) is 9.36 Å². The van der Waals surface area contributed by atoms with Crippen molar-refractivity contribution in [2.24, 2.45) is 0 Å². The van der Waals surface area contributed by atoms with Crippen LogP contribution in [0, 0.1) is 6.92 Å². The molecule has 1 aromatic rings. The monoisotopic (exact) mass is 136 g/mol. The number of aromatic nitrogens is 1. The predicted octanol–water partition coefficient (Wildman–Crippen LogP) is 1.52. The van der Waals surface area contributed by atoms with E-state index in [1.54, 1.807) is 17.7 Å². The predicted molar refractivity (Wildman–Crippen MR) is 39.8 cm³/mol. The summed E-state index contributed by atoms with van der Waals surface area (Å²) in [5.74, 6) is 0.0450. The van der Waals surface area contributed by atoms with Crippen molar-refractivity contribution in [1.29, 1.82) is 0 Å². The van der Waals surface area contributed by atoms with Crippen LogP contribution in [0.3, 0.4) is 0 Å². The summed E-state index contributed by atoms with van der Waals surface area (Å²) in [6.45, 7) is 5.24. The fourth-order valence-corrected chi connectivity index (χ4v) is 0.927. The molecule has 0 aromatic carbocycles. The van der Waals surface area contributed by atoms with E-state index < -0.39 is 0 Å². The number of hydrogen-bond acceptors (Lipinski definition) is 1. The van der Waals surface area contributed by atoms with Gasteiger partial charge in [-0.1, -0.05) is 0 Å². The lowest BCUT2D eigenvalue weighted by molar-refractivity contribution is 0.0934. The average Bonchev–Trinajstić information content (AvgIpc) is 2.33. The lowest BCUT2D eigenvalue weighted by Gasteiger charge is -1.99. The minimum absolute atomic E-state index is 0.0450. The van der Waals surface area contributed by atoms with Crippen molar-refractivity contribution in [1.82, 2.24) is 4.57 Å². The van der Waals surface area contributed by atoms with Crippen LogP contribution >= 0.6 is 0 Å². The van der Waals surface area contributed by atoms with Gasteiger partial charge in [0, 0.05) is 18.8 Å². The molecule has 0 aliphatic heterocycles. The van der Waals surface area contributed by atoms with E-state index in [9.17, 15) is 4.79 Å². The molecule has 1 heterocycles. The minimum Gasteiger partial charge on any atom is -0.292 e. The fourth-order valence-electron chi connectivity index (χ4n) is 0.927. The van der Waals surface area contributed by atoms with E-state index in [1.807, 2.05) is 12.1 Å². The molecule has 0 atom stereocenters. The minimum atomic E-state index is 0.0450. The molecule has 0 saturated carbocycles. The first-order valence-electron chi connectivity index (χ1n) is 3.22. The molecule has 1 aromatic heterocycles. The second kappa shape index (κ2) is 2.69. The zero-order valence-electron chi connectivity index (χ0n) is 6.00. The maximum Gasteiger partial charge on any atom is 0.227 e. The van der Waals surface area contributed by atoms with Crippen LogP contribution < -0.4 is 0 Å². The van der Waals surface area contributed by atoms with Crippen molar-refractivity contribution in [2.45, 2.75) is 13.3 Å². The molecular formula is C8H10NO. The molecule has 0 bridgehead atoms. The molecule has 2 nitrogen and oxygen atoms in total. The molecule has 0 amide bonds. The third-order valence-corrected chi connectivity index (χ3v) is 1.43. The Hall–Kier alpha value is -1.05. The van der Waals surface area contributed by atoms with Crippen LogP contribution in [0.1, 0.15) is 17.4 Å². The third-order valence-electron chi connectivity index (χ3n) is 1.43. The summed E-state index contributed by atoms with van der Waals surface area (Å²) in [6.07, 6.45) is 2.41. The number of hydrogen-bond donors (Lipinski definition) is 0. The molecule has 53 valence electrons. The molecule has 0 fully saturated rings. The van der Waals surface area contributed by atoms with Crippen LogP contribution in [0.2, 0.25) is 0 Å². The van der Waals surface area contributed by atoms with Crippen LogP contribution in [0.4, 0.5) is 0 Å². The van der Waals surface area contributed by atoms with Gasteiger partial charge in [0.1, 0.15) is 0 Å². The van der Waals surface area contributed by atoms with E-state index in [1.165, 1.54) is 0 Å².